The van der Waals surface area contributed by atoms with Crippen LogP contribution in [-0.4, -0.2) is 40.1 Å². The average molecular weight is 291 g/mol. The first-order valence-electron chi connectivity index (χ1n) is 8.19. The van der Waals surface area contributed by atoms with Crippen molar-refractivity contribution in [1.29, 1.82) is 0 Å². The molecule has 0 radical (unpaired) electrons. The summed E-state index contributed by atoms with van der Waals surface area (Å²) in [5.41, 5.74) is 0. The predicted molar refractivity (Wildman–Crippen MR) is 79.7 cm³/mol. The Labute approximate surface area is 126 Å². The van der Waals surface area contributed by atoms with E-state index in [0.29, 0.717) is 12.5 Å². The van der Waals surface area contributed by atoms with Crippen molar-refractivity contribution in [2.24, 2.45) is 5.92 Å². The summed E-state index contributed by atoms with van der Waals surface area (Å²) < 4.78 is 7.58. The average Bonchev–Trinajstić information content (AvgIpc) is 3.14. The van der Waals surface area contributed by atoms with Gasteiger partial charge in [0.05, 0.1) is 6.04 Å². The summed E-state index contributed by atoms with van der Waals surface area (Å²) >= 11 is 0. The zero-order valence-electron chi connectivity index (χ0n) is 12.8. The van der Waals surface area contributed by atoms with Crippen LogP contribution in [-0.2, 0) is 16.1 Å². The minimum Gasteiger partial charge on any atom is -0.372 e. The molecule has 1 atom stereocenters. The second kappa shape index (κ2) is 6.60. The van der Waals surface area contributed by atoms with Gasteiger partial charge in [0.15, 0.2) is 0 Å². The van der Waals surface area contributed by atoms with Gasteiger partial charge in [-0.25, -0.2) is 4.98 Å². The molecule has 1 fully saturated rings. The monoisotopic (exact) mass is 291 g/mol. The van der Waals surface area contributed by atoms with Crippen LogP contribution in [0.3, 0.4) is 0 Å². The molecule has 1 aliphatic carbocycles. The molecule has 0 saturated heterocycles. The van der Waals surface area contributed by atoms with E-state index < -0.39 is 0 Å². The number of carbonyl (C=O) groups excluding carboxylic acids is 1. The molecule has 0 spiro atoms. The van der Waals surface area contributed by atoms with Crippen LogP contribution in [0.15, 0.2) is 12.4 Å². The summed E-state index contributed by atoms with van der Waals surface area (Å²) in [7, 11) is 0. The highest BCUT2D eigenvalue weighted by Gasteiger charge is 2.37. The van der Waals surface area contributed by atoms with Gasteiger partial charge in [-0.15, -0.1) is 0 Å². The molecule has 1 aliphatic heterocycles. The fourth-order valence-electron chi connectivity index (χ4n) is 3.76. The Morgan fingerprint density at radius 3 is 2.90 bits per heavy atom. The van der Waals surface area contributed by atoms with Crippen molar-refractivity contribution >= 4 is 5.91 Å². The van der Waals surface area contributed by atoms with Crippen LogP contribution >= 0.6 is 0 Å². The van der Waals surface area contributed by atoms with Crippen molar-refractivity contribution in [3.63, 3.8) is 0 Å². The number of carbonyl (C=O) groups is 1. The molecule has 0 aromatic carbocycles. The first kappa shape index (κ1) is 14.6. The van der Waals surface area contributed by atoms with Gasteiger partial charge in [-0.3, -0.25) is 4.79 Å². The molecule has 116 valence electrons. The van der Waals surface area contributed by atoms with Crippen molar-refractivity contribution < 1.29 is 9.53 Å². The first-order chi connectivity index (χ1) is 10.3. The zero-order valence-corrected chi connectivity index (χ0v) is 12.8. The lowest BCUT2D eigenvalue weighted by atomic mass is 9.95. The fourth-order valence-corrected chi connectivity index (χ4v) is 3.76. The number of rotatable bonds is 4. The first-order valence-corrected chi connectivity index (χ1v) is 8.19. The molecule has 1 aromatic rings. The van der Waals surface area contributed by atoms with Crippen molar-refractivity contribution in [3.8, 4) is 0 Å². The van der Waals surface area contributed by atoms with E-state index in [1.165, 1.54) is 25.7 Å². The van der Waals surface area contributed by atoms with Gasteiger partial charge < -0.3 is 14.2 Å². The van der Waals surface area contributed by atoms with E-state index in [-0.39, 0.29) is 18.6 Å². The summed E-state index contributed by atoms with van der Waals surface area (Å²) in [6.45, 7) is 4.48. The predicted octanol–water partition coefficient (Wildman–Crippen LogP) is 2.38. The largest absolute Gasteiger partial charge is 0.372 e. The fraction of sp³-hybridized carbons (Fsp3) is 0.750. The molecule has 2 aliphatic rings. The third-order valence-corrected chi connectivity index (χ3v) is 4.74. The minimum absolute atomic E-state index is 0.116. The van der Waals surface area contributed by atoms with E-state index in [1.807, 2.05) is 24.2 Å². The second-order valence-electron chi connectivity index (χ2n) is 6.05. The number of imidazole rings is 1. The van der Waals surface area contributed by atoms with E-state index in [9.17, 15) is 4.79 Å². The number of hydrogen-bond donors (Lipinski definition) is 0. The maximum absolute atomic E-state index is 12.6. The topological polar surface area (TPSA) is 47.4 Å². The van der Waals surface area contributed by atoms with E-state index in [2.05, 4.69) is 9.55 Å². The normalized spacial score (nSPS) is 23.1. The SMILES string of the molecule is CCOCC(=O)N1CCCn2ccnc2C1C1CCCC1. The summed E-state index contributed by atoms with van der Waals surface area (Å²) in [4.78, 5) is 19.2. The Morgan fingerprint density at radius 1 is 1.33 bits per heavy atom. The van der Waals surface area contributed by atoms with E-state index in [0.717, 1.165) is 25.3 Å². The molecular formula is C16H25N3O2. The van der Waals surface area contributed by atoms with E-state index in [4.69, 9.17) is 4.74 Å². The van der Waals surface area contributed by atoms with E-state index >= 15 is 0 Å². The molecule has 1 amide bonds. The van der Waals surface area contributed by atoms with Crippen LogP contribution < -0.4 is 0 Å². The lowest BCUT2D eigenvalue weighted by Gasteiger charge is -2.33. The lowest BCUT2D eigenvalue weighted by Crippen LogP contribution is -2.40. The van der Waals surface area contributed by atoms with Crippen LogP contribution in [0.25, 0.3) is 0 Å². The summed E-state index contributed by atoms with van der Waals surface area (Å²) in [5, 5.41) is 0. The summed E-state index contributed by atoms with van der Waals surface area (Å²) in [6, 6.07) is 0.137. The molecule has 2 heterocycles. The maximum Gasteiger partial charge on any atom is 0.249 e. The van der Waals surface area contributed by atoms with Crippen molar-refractivity contribution in [1.82, 2.24) is 14.5 Å². The standard InChI is InChI=1S/C16H25N3O2/c1-2-21-12-14(20)19-10-5-9-18-11-8-17-16(18)15(19)13-6-3-4-7-13/h8,11,13,15H,2-7,9-10,12H2,1H3. The Bertz CT molecular complexity index is 480. The number of nitrogens with zero attached hydrogens (tertiary/aromatic N) is 3. The van der Waals surface area contributed by atoms with Crippen LogP contribution in [0.4, 0.5) is 0 Å². The molecular weight excluding hydrogens is 266 g/mol. The van der Waals surface area contributed by atoms with Crippen LogP contribution in [0.1, 0.15) is 50.9 Å². The zero-order chi connectivity index (χ0) is 14.7. The Morgan fingerprint density at radius 2 is 2.14 bits per heavy atom. The Balaban J connectivity index is 1.87. The van der Waals surface area contributed by atoms with Gasteiger partial charge in [-0.1, -0.05) is 12.8 Å². The third kappa shape index (κ3) is 2.98. The number of ether oxygens (including phenoxy) is 1. The van der Waals surface area contributed by atoms with Gasteiger partial charge in [0, 0.05) is 32.1 Å². The van der Waals surface area contributed by atoms with Gasteiger partial charge in [-0.2, -0.15) is 0 Å². The van der Waals surface area contributed by atoms with Gasteiger partial charge in [0.25, 0.3) is 0 Å². The van der Waals surface area contributed by atoms with Crippen LogP contribution in [0, 0.1) is 5.92 Å². The summed E-state index contributed by atoms with van der Waals surface area (Å²) in [5.74, 6) is 1.74. The maximum atomic E-state index is 12.6. The van der Waals surface area contributed by atoms with Crippen molar-refractivity contribution in [3.05, 3.63) is 18.2 Å². The number of aryl methyl sites for hydroxylation is 1. The number of hydrogen-bond acceptors (Lipinski definition) is 3. The van der Waals surface area contributed by atoms with Gasteiger partial charge >= 0.3 is 0 Å². The quantitative estimate of drug-likeness (QED) is 0.855. The molecule has 0 bridgehead atoms. The van der Waals surface area contributed by atoms with Gasteiger partial charge in [-0.05, 0) is 32.1 Å². The highest BCUT2D eigenvalue weighted by molar-refractivity contribution is 5.78. The highest BCUT2D eigenvalue weighted by atomic mass is 16.5. The second-order valence-corrected chi connectivity index (χ2v) is 6.05. The molecule has 1 saturated carbocycles. The number of fused-ring (bicyclic) bond motifs is 1. The molecule has 21 heavy (non-hydrogen) atoms. The van der Waals surface area contributed by atoms with Crippen LogP contribution in [0.5, 0.6) is 0 Å². The van der Waals surface area contributed by atoms with Crippen molar-refractivity contribution in [2.75, 3.05) is 19.8 Å². The Hall–Kier alpha value is -1.36. The third-order valence-electron chi connectivity index (χ3n) is 4.74. The smallest absolute Gasteiger partial charge is 0.249 e. The molecule has 5 heteroatoms. The van der Waals surface area contributed by atoms with E-state index in [1.54, 1.807) is 0 Å². The minimum atomic E-state index is 0.116. The highest BCUT2D eigenvalue weighted by Crippen LogP contribution is 2.40. The summed E-state index contributed by atoms with van der Waals surface area (Å²) in [6.07, 6.45) is 9.86. The molecule has 5 nitrogen and oxygen atoms in total. The van der Waals surface area contributed by atoms with Crippen LogP contribution in [0.2, 0.25) is 0 Å². The van der Waals surface area contributed by atoms with Crippen molar-refractivity contribution in [2.45, 2.75) is 51.6 Å². The van der Waals surface area contributed by atoms with Gasteiger partial charge in [0.1, 0.15) is 12.4 Å². The molecule has 0 N–H and O–H groups in total. The molecule has 1 unspecified atom stereocenters. The van der Waals surface area contributed by atoms with Gasteiger partial charge in [0.2, 0.25) is 5.91 Å². The Kier molecular flexibility index (Phi) is 4.58. The number of aromatic nitrogens is 2. The molecule has 3 rings (SSSR count). The number of amides is 1. The molecule has 1 aromatic heterocycles. The lowest BCUT2D eigenvalue weighted by molar-refractivity contribution is -0.139.